The maximum atomic E-state index is 13.7. The summed E-state index contributed by atoms with van der Waals surface area (Å²) < 4.78 is 13.7. The van der Waals surface area contributed by atoms with Gasteiger partial charge in [0.1, 0.15) is 16.6 Å². The van der Waals surface area contributed by atoms with Crippen LogP contribution in [0.4, 0.5) is 4.39 Å². The molecule has 1 aliphatic carbocycles. The molecular weight excluding hydrogens is 251 g/mol. The fraction of sp³-hybridized carbons (Fsp3) is 0.308. The van der Waals surface area contributed by atoms with Gasteiger partial charge in [-0.05, 0) is 25.0 Å². The van der Waals surface area contributed by atoms with Gasteiger partial charge in [0.05, 0.1) is 0 Å². The van der Waals surface area contributed by atoms with E-state index in [1.54, 1.807) is 12.3 Å². The molecule has 0 amide bonds. The molecule has 2 N–H and O–H groups in total. The molecule has 0 saturated heterocycles. The van der Waals surface area contributed by atoms with Gasteiger partial charge in [0.25, 0.3) is 0 Å². The van der Waals surface area contributed by atoms with Gasteiger partial charge in [0.15, 0.2) is 0 Å². The van der Waals surface area contributed by atoms with Crippen molar-refractivity contribution >= 4 is 11.3 Å². The van der Waals surface area contributed by atoms with E-state index in [0.29, 0.717) is 16.6 Å². The summed E-state index contributed by atoms with van der Waals surface area (Å²) in [6.07, 6.45) is 4.28. The highest BCUT2D eigenvalue weighted by molar-refractivity contribution is 7.15. The number of nitrogens with zero attached hydrogens (tertiary/aromatic N) is 1. The van der Waals surface area contributed by atoms with Gasteiger partial charge in [-0.1, -0.05) is 0 Å². The molecule has 0 aliphatic heterocycles. The van der Waals surface area contributed by atoms with Gasteiger partial charge in [0.2, 0.25) is 0 Å². The molecule has 3 nitrogen and oxygen atoms in total. The maximum Gasteiger partial charge on any atom is 0.137 e. The van der Waals surface area contributed by atoms with E-state index < -0.39 is 5.82 Å². The lowest BCUT2D eigenvalue weighted by Crippen LogP contribution is -2.14. The molecule has 1 aliphatic rings. The summed E-state index contributed by atoms with van der Waals surface area (Å²) in [5.41, 5.74) is 0.440. The monoisotopic (exact) mass is 264 g/mol. The van der Waals surface area contributed by atoms with Gasteiger partial charge >= 0.3 is 0 Å². The van der Waals surface area contributed by atoms with E-state index in [-0.39, 0.29) is 5.75 Å². The van der Waals surface area contributed by atoms with Crippen molar-refractivity contribution in [2.24, 2.45) is 0 Å². The largest absolute Gasteiger partial charge is 0.508 e. The van der Waals surface area contributed by atoms with Gasteiger partial charge < -0.3 is 10.4 Å². The summed E-state index contributed by atoms with van der Waals surface area (Å²) >= 11 is 1.48. The Hall–Kier alpha value is -1.46. The van der Waals surface area contributed by atoms with Crippen molar-refractivity contribution in [2.45, 2.75) is 25.4 Å². The fourth-order valence-electron chi connectivity index (χ4n) is 1.72. The predicted octanol–water partition coefficient (Wildman–Crippen LogP) is 2.91. The minimum Gasteiger partial charge on any atom is -0.508 e. The first kappa shape index (κ1) is 11.6. The topological polar surface area (TPSA) is 45.2 Å². The molecule has 2 aromatic rings. The van der Waals surface area contributed by atoms with Crippen molar-refractivity contribution < 1.29 is 9.50 Å². The Morgan fingerprint density at radius 3 is 3.00 bits per heavy atom. The number of hydrogen-bond acceptors (Lipinski definition) is 4. The molecule has 0 bridgehead atoms. The van der Waals surface area contributed by atoms with Crippen molar-refractivity contribution in [1.82, 2.24) is 10.3 Å². The smallest absolute Gasteiger partial charge is 0.137 e. The van der Waals surface area contributed by atoms with Crippen LogP contribution in [0, 0.1) is 5.82 Å². The van der Waals surface area contributed by atoms with Gasteiger partial charge in [0, 0.05) is 35.3 Å². The summed E-state index contributed by atoms with van der Waals surface area (Å²) in [5, 5.41) is 13.2. The molecule has 1 fully saturated rings. The summed E-state index contributed by atoms with van der Waals surface area (Å²) in [5.74, 6) is -0.505. The second-order valence-electron chi connectivity index (χ2n) is 4.45. The molecule has 94 valence electrons. The Labute approximate surface area is 108 Å². The number of hydrogen-bond donors (Lipinski definition) is 2. The van der Waals surface area contributed by atoms with Crippen LogP contribution >= 0.6 is 11.3 Å². The number of halogens is 1. The van der Waals surface area contributed by atoms with Gasteiger partial charge in [-0.15, -0.1) is 11.3 Å². The molecule has 0 unspecified atom stereocenters. The molecule has 1 aromatic carbocycles. The van der Waals surface area contributed by atoms with E-state index in [0.717, 1.165) is 17.5 Å². The highest BCUT2D eigenvalue weighted by atomic mass is 32.1. The van der Waals surface area contributed by atoms with Crippen LogP contribution < -0.4 is 5.32 Å². The standard InChI is InChI=1S/C13H13FN2OS/c14-12-5-9(17)3-4-11(12)13-16-7-10(18-13)6-15-8-1-2-8/h3-5,7-8,15,17H,1-2,6H2. The summed E-state index contributed by atoms with van der Waals surface area (Å²) in [6, 6.07) is 4.79. The van der Waals surface area contributed by atoms with E-state index >= 15 is 0 Å². The Kier molecular flexibility index (Phi) is 3.01. The summed E-state index contributed by atoms with van der Waals surface area (Å²) in [6.45, 7) is 0.794. The first-order valence-corrected chi connectivity index (χ1v) is 6.71. The summed E-state index contributed by atoms with van der Waals surface area (Å²) in [4.78, 5) is 5.33. The van der Waals surface area contributed by atoms with Crippen molar-refractivity contribution in [2.75, 3.05) is 0 Å². The van der Waals surface area contributed by atoms with Crippen LogP contribution in [-0.2, 0) is 6.54 Å². The lowest BCUT2D eigenvalue weighted by atomic mass is 10.2. The third kappa shape index (κ3) is 2.52. The SMILES string of the molecule is Oc1ccc(-c2ncc(CNC3CC3)s2)c(F)c1. The van der Waals surface area contributed by atoms with Crippen LogP contribution in [0.2, 0.25) is 0 Å². The quantitative estimate of drug-likeness (QED) is 0.892. The van der Waals surface area contributed by atoms with Crippen molar-refractivity contribution in [1.29, 1.82) is 0 Å². The zero-order valence-electron chi connectivity index (χ0n) is 9.69. The highest BCUT2D eigenvalue weighted by Crippen LogP contribution is 2.29. The third-order valence-electron chi connectivity index (χ3n) is 2.88. The van der Waals surface area contributed by atoms with E-state index in [1.165, 1.54) is 30.2 Å². The first-order chi connectivity index (χ1) is 8.72. The normalized spacial score (nSPS) is 14.9. The molecule has 1 heterocycles. The van der Waals surface area contributed by atoms with E-state index in [2.05, 4.69) is 10.3 Å². The van der Waals surface area contributed by atoms with Crippen molar-refractivity contribution in [3.05, 3.63) is 35.1 Å². The van der Waals surface area contributed by atoms with E-state index in [1.807, 2.05) is 0 Å². The molecule has 1 saturated carbocycles. The zero-order valence-corrected chi connectivity index (χ0v) is 10.5. The van der Waals surface area contributed by atoms with Crippen LogP contribution in [-0.4, -0.2) is 16.1 Å². The number of benzene rings is 1. The molecule has 0 spiro atoms. The molecular formula is C13H13FN2OS. The van der Waals surface area contributed by atoms with Crippen LogP contribution in [0.15, 0.2) is 24.4 Å². The van der Waals surface area contributed by atoms with Crippen molar-refractivity contribution in [3.63, 3.8) is 0 Å². The predicted molar refractivity (Wildman–Crippen MR) is 69.0 cm³/mol. The molecule has 0 atom stereocenters. The lowest BCUT2D eigenvalue weighted by molar-refractivity contribution is 0.469. The summed E-state index contributed by atoms with van der Waals surface area (Å²) in [7, 11) is 0. The number of phenolic OH excluding ortho intramolecular Hbond substituents is 1. The number of aromatic nitrogens is 1. The second-order valence-corrected chi connectivity index (χ2v) is 5.57. The van der Waals surface area contributed by atoms with E-state index in [9.17, 15) is 9.50 Å². The number of phenols is 1. The van der Waals surface area contributed by atoms with Crippen LogP contribution in [0.5, 0.6) is 5.75 Å². The Morgan fingerprint density at radius 2 is 2.28 bits per heavy atom. The van der Waals surface area contributed by atoms with Crippen LogP contribution in [0.25, 0.3) is 10.6 Å². The van der Waals surface area contributed by atoms with Crippen molar-refractivity contribution in [3.8, 4) is 16.3 Å². The lowest BCUT2D eigenvalue weighted by Gasteiger charge is -1.99. The minimum atomic E-state index is -0.439. The zero-order chi connectivity index (χ0) is 12.5. The molecule has 18 heavy (non-hydrogen) atoms. The highest BCUT2D eigenvalue weighted by Gasteiger charge is 2.20. The average Bonchev–Trinajstić information content (AvgIpc) is 3.05. The van der Waals surface area contributed by atoms with Gasteiger partial charge in [-0.3, -0.25) is 0 Å². The Morgan fingerprint density at radius 1 is 1.44 bits per heavy atom. The number of rotatable bonds is 4. The Bertz CT molecular complexity index is 566. The molecule has 3 rings (SSSR count). The minimum absolute atomic E-state index is 0.0663. The molecule has 5 heteroatoms. The first-order valence-electron chi connectivity index (χ1n) is 5.89. The molecule has 1 aromatic heterocycles. The third-order valence-corrected chi connectivity index (χ3v) is 3.91. The van der Waals surface area contributed by atoms with Crippen LogP contribution in [0.1, 0.15) is 17.7 Å². The fourth-order valence-corrected chi connectivity index (χ4v) is 2.61. The number of thiazole rings is 1. The average molecular weight is 264 g/mol. The number of nitrogens with one attached hydrogen (secondary N) is 1. The molecule has 0 radical (unpaired) electrons. The van der Waals surface area contributed by atoms with Gasteiger partial charge in [-0.2, -0.15) is 0 Å². The second kappa shape index (κ2) is 4.66. The van der Waals surface area contributed by atoms with E-state index in [4.69, 9.17) is 0 Å². The van der Waals surface area contributed by atoms with Crippen LogP contribution in [0.3, 0.4) is 0 Å². The van der Waals surface area contributed by atoms with Gasteiger partial charge in [-0.25, -0.2) is 9.37 Å². The maximum absolute atomic E-state index is 13.7. The Balaban J connectivity index is 1.78. The number of aromatic hydroxyl groups is 1.